The third kappa shape index (κ3) is 4.92. The quantitative estimate of drug-likeness (QED) is 0.606. The summed E-state index contributed by atoms with van der Waals surface area (Å²) in [5.74, 6) is -3.90. The monoisotopic (exact) mass is 410 g/mol. The molecule has 0 fully saturated rings. The van der Waals surface area contributed by atoms with Crippen LogP contribution in [0.1, 0.15) is 5.69 Å². The Morgan fingerprint density at radius 2 is 2.08 bits per heavy atom. The van der Waals surface area contributed by atoms with Crippen LogP contribution in [0, 0.1) is 5.82 Å². The van der Waals surface area contributed by atoms with Gasteiger partial charge in [0, 0.05) is 17.4 Å². The highest BCUT2D eigenvalue weighted by Gasteiger charge is 2.41. The first-order chi connectivity index (χ1) is 12.1. The van der Waals surface area contributed by atoms with E-state index in [9.17, 15) is 27.2 Å². The van der Waals surface area contributed by atoms with Crippen molar-refractivity contribution in [2.75, 3.05) is 7.11 Å². The Kier molecular flexibility index (Phi) is 6.19. The number of aromatic nitrogens is 1. The zero-order valence-electron chi connectivity index (χ0n) is 13.1. The first-order valence-corrected chi connectivity index (χ1v) is 8.23. The van der Waals surface area contributed by atoms with Gasteiger partial charge in [0.05, 0.1) is 17.8 Å². The van der Waals surface area contributed by atoms with Crippen LogP contribution in [0.25, 0.3) is 10.6 Å². The molecule has 2 aromatic rings. The molecule has 1 N–H and O–H groups in total. The zero-order chi connectivity index (χ0) is 19.5. The number of esters is 1. The van der Waals surface area contributed by atoms with Crippen molar-refractivity contribution in [1.82, 2.24) is 10.3 Å². The van der Waals surface area contributed by atoms with E-state index in [0.29, 0.717) is 10.6 Å². The number of carbonyl (C=O) groups is 2. The van der Waals surface area contributed by atoms with Crippen LogP contribution in [0.15, 0.2) is 23.6 Å². The summed E-state index contributed by atoms with van der Waals surface area (Å²) in [5.41, 5.74) is 0.755. The lowest BCUT2D eigenvalue weighted by Gasteiger charge is -2.16. The molecule has 140 valence electrons. The molecule has 0 aliphatic rings. The molecule has 11 heteroatoms. The van der Waals surface area contributed by atoms with Gasteiger partial charge in [-0.25, -0.2) is 14.2 Å². The summed E-state index contributed by atoms with van der Waals surface area (Å²) in [6.07, 6.45) is -5.44. The summed E-state index contributed by atoms with van der Waals surface area (Å²) < 4.78 is 54.8. The van der Waals surface area contributed by atoms with Crippen LogP contribution in [0.5, 0.6) is 0 Å². The highest BCUT2D eigenvalue weighted by molar-refractivity contribution is 7.13. The number of amides is 1. The predicted molar refractivity (Wildman–Crippen MR) is 86.2 cm³/mol. The van der Waals surface area contributed by atoms with Crippen LogP contribution in [0.4, 0.5) is 17.6 Å². The standard InChI is InChI=1S/C15H11ClF4N2O3S/c1-25-13(23)11(22-14(24)15(18,19)20)5-8-6-26-12(21-8)7-2-3-10(17)9(16)4-7/h2-4,6,11H,5H2,1H3,(H,22,24). The Morgan fingerprint density at radius 1 is 1.38 bits per heavy atom. The summed E-state index contributed by atoms with van der Waals surface area (Å²) in [6.45, 7) is 0. The van der Waals surface area contributed by atoms with Crippen LogP contribution < -0.4 is 5.32 Å². The maximum absolute atomic E-state index is 13.2. The lowest BCUT2D eigenvalue weighted by molar-refractivity contribution is -0.175. The Balaban J connectivity index is 2.18. The van der Waals surface area contributed by atoms with E-state index < -0.39 is 29.9 Å². The molecular weight excluding hydrogens is 400 g/mol. The summed E-state index contributed by atoms with van der Waals surface area (Å²) in [7, 11) is 0.988. The number of halogens is 5. The summed E-state index contributed by atoms with van der Waals surface area (Å²) in [5, 5.41) is 3.40. The van der Waals surface area contributed by atoms with Crippen molar-refractivity contribution < 1.29 is 31.9 Å². The minimum absolute atomic E-state index is 0.107. The first kappa shape index (κ1) is 20.1. The Morgan fingerprint density at radius 3 is 2.65 bits per heavy atom. The topological polar surface area (TPSA) is 68.3 Å². The molecule has 1 unspecified atom stereocenters. The number of thiazole rings is 1. The number of benzene rings is 1. The minimum Gasteiger partial charge on any atom is -0.467 e. The fourth-order valence-corrected chi connectivity index (χ4v) is 2.96. The van der Waals surface area contributed by atoms with Crippen LogP contribution in [0.2, 0.25) is 5.02 Å². The van der Waals surface area contributed by atoms with E-state index in [1.54, 1.807) is 5.32 Å². The van der Waals surface area contributed by atoms with Gasteiger partial charge in [0.25, 0.3) is 0 Å². The molecule has 0 saturated heterocycles. The number of hydrogen-bond donors (Lipinski definition) is 1. The molecule has 0 aliphatic heterocycles. The number of nitrogens with zero attached hydrogens (tertiary/aromatic N) is 1. The number of hydrogen-bond acceptors (Lipinski definition) is 5. The number of nitrogens with one attached hydrogen (secondary N) is 1. The fourth-order valence-electron chi connectivity index (χ4n) is 1.95. The average Bonchev–Trinajstić information content (AvgIpc) is 3.03. The smallest absolute Gasteiger partial charge is 0.467 e. The summed E-state index contributed by atoms with van der Waals surface area (Å²) in [4.78, 5) is 26.9. The van der Waals surface area contributed by atoms with Gasteiger partial charge < -0.3 is 10.1 Å². The molecule has 0 saturated carbocycles. The third-order valence-corrected chi connectivity index (χ3v) is 4.41. The van der Waals surface area contributed by atoms with E-state index in [4.69, 9.17) is 11.6 Å². The predicted octanol–water partition coefficient (Wildman–Crippen LogP) is 3.37. The summed E-state index contributed by atoms with van der Waals surface area (Å²) in [6, 6.07) is 2.39. The second-order valence-corrected chi connectivity index (χ2v) is 6.29. The van der Waals surface area contributed by atoms with Crippen LogP contribution in [-0.4, -0.2) is 36.2 Å². The van der Waals surface area contributed by atoms with Gasteiger partial charge in [-0.05, 0) is 18.2 Å². The van der Waals surface area contributed by atoms with Crippen LogP contribution >= 0.6 is 22.9 Å². The van der Waals surface area contributed by atoms with Crippen molar-refractivity contribution in [3.05, 3.63) is 40.1 Å². The van der Waals surface area contributed by atoms with E-state index in [2.05, 4.69) is 9.72 Å². The maximum Gasteiger partial charge on any atom is 0.471 e. The highest BCUT2D eigenvalue weighted by Crippen LogP contribution is 2.28. The van der Waals surface area contributed by atoms with Crippen LogP contribution in [0.3, 0.4) is 0 Å². The van der Waals surface area contributed by atoms with Gasteiger partial charge >= 0.3 is 18.1 Å². The molecule has 1 atom stereocenters. The number of carbonyl (C=O) groups excluding carboxylic acids is 2. The Hall–Kier alpha value is -2.20. The lowest BCUT2D eigenvalue weighted by atomic mass is 10.1. The molecule has 0 aliphatic carbocycles. The molecule has 2 rings (SSSR count). The largest absolute Gasteiger partial charge is 0.471 e. The van der Waals surface area contributed by atoms with Crippen molar-refractivity contribution in [3.63, 3.8) is 0 Å². The van der Waals surface area contributed by atoms with Crippen molar-refractivity contribution in [2.45, 2.75) is 18.6 Å². The maximum atomic E-state index is 13.2. The lowest BCUT2D eigenvalue weighted by Crippen LogP contribution is -2.48. The van der Waals surface area contributed by atoms with Gasteiger partial charge in [0.15, 0.2) is 0 Å². The van der Waals surface area contributed by atoms with E-state index in [1.165, 1.54) is 17.5 Å². The number of methoxy groups -OCH3 is 1. The van der Waals surface area contributed by atoms with Crippen LogP contribution in [-0.2, 0) is 20.7 Å². The van der Waals surface area contributed by atoms with Gasteiger partial charge in [-0.15, -0.1) is 11.3 Å². The van der Waals surface area contributed by atoms with Gasteiger partial charge in [-0.2, -0.15) is 13.2 Å². The molecule has 5 nitrogen and oxygen atoms in total. The number of alkyl halides is 3. The highest BCUT2D eigenvalue weighted by atomic mass is 35.5. The molecule has 1 amide bonds. The molecular formula is C15H11ClF4N2O3S. The summed E-state index contributed by atoms with van der Waals surface area (Å²) >= 11 is 6.83. The molecule has 1 heterocycles. The van der Waals surface area contributed by atoms with Crippen molar-refractivity contribution in [2.24, 2.45) is 0 Å². The zero-order valence-corrected chi connectivity index (χ0v) is 14.6. The molecule has 0 bridgehead atoms. The van der Waals surface area contributed by atoms with E-state index >= 15 is 0 Å². The van der Waals surface area contributed by atoms with E-state index in [1.807, 2.05) is 0 Å². The second-order valence-electron chi connectivity index (χ2n) is 5.02. The number of rotatable bonds is 5. The fraction of sp³-hybridized carbons (Fsp3) is 0.267. The van der Waals surface area contributed by atoms with E-state index in [-0.39, 0.29) is 17.1 Å². The van der Waals surface area contributed by atoms with Crippen molar-refractivity contribution >= 4 is 34.8 Å². The third-order valence-electron chi connectivity index (χ3n) is 3.18. The SMILES string of the molecule is COC(=O)C(Cc1csc(-c2ccc(F)c(Cl)c2)n1)NC(=O)C(F)(F)F. The first-order valence-electron chi connectivity index (χ1n) is 6.97. The molecule has 26 heavy (non-hydrogen) atoms. The van der Waals surface area contributed by atoms with Gasteiger partial charge in [0.1, 0.15) is 16.9 Å². The Bertz CT molecular complexity index is 825. The minimum atomic E-state index is -5.13. The number of ether oxygens (including phenoxy) is 1. The van der Waals surface area contributed by atoms with Crippen molar-refractivity contribution in [1.29, 1.82) is 0 Å². The molecule has 1 aromatic heterocycles. The normalized spacial score (nSPS) is 12.5. The molecule has 0 spiro atoms. The van der Waals surface area contributed by atoms with Gasteiger partial charge in [-0.1, -0.05) is 11.6 Å². The van der Waals surface area contributed by atoms with Gasteiger partial charge in [0.2, 0.25) is 0 Å². The molecule has 0 radical (unpaired) electrons. The van der Waals surface area contributed by atoms with Crippen molar-refractivity contribution in [3.8, 4) is 10.6 Å². The van der Waals surface area contributed by atoms with E-state index in [0.717, 1.165) is 24.5 Å². The average molecular weight is 411 g/mol. The van der Waals surface area contributed by atoms with Gasteiger partial charge in [-0.3, -0.25) is 4.79 Å². The molecule has 1 aromatic carbocycles. The second kappa shape index (κ2) is 8.00. The Labute approximate surface area is 153 Å².